The fourth-order valence-electron chi connectivity index (χ4n) is 5.23. The molecule has 0 radical (unpaired) electrons. The largest absolute Gasteiger partial charge is 0.388 e. The van der Waals surface area contributed by atoms with Crippen LogP contribution in [0.3, 0.4) is 0 Å². The van der Waals surface area contributed by atoms with Gasteiger partial charge in [0.25, 0.3) is 5.91 Å². The van der Waals surface area contributed by atoms with Crippen LogP contribution >= 0.6 is 0 Å². The zero-order chi connectivity index (χ0) is 24.7. The van der Waals surface area contributed by atoms with E-state index in [0.717, 1.165) is 51.7 Å². The van der Waals surface area contributed by atoms with Gasteiger partial charge in [-0.3, -0.25) is 24.5 Å². The van der Waals surface area contributed by atoms with Crippen LogP contribution in [0.15, 0.2) is 61.1 Å². The lowest BCUT2D eigenvalue weighted by Gasteiger charge is -2.37. The Morgan fingerprint density at radius 3 is 2.97 bits per heavy atom. The van der Waals surface area contributed by atoms with Crippen LogP contribution in [0, 0.1) is 6.92 Å². The maximum atomic E-state index is 13.2. The van der Waals surface area contributed by atoms with Gasteiger partial charge in [-0.15, -0.1) is 0 Å². The first kappa shape index (κ1) is 22.4. The van der Waals surface area contributed by atoms with Crippen LogP contribution in [-0.4, -0.2) is 52.6 Å². The van der Waals surface area contributed by atoms with Crippen molar-refractivity contribution in [2.24, 2.45) is 0 Å². The summed E-state index contributed by atoms with van der Waals surface area (Å²) in [5.41, 5.74) is 4.73. The van der Waals surface area contributed by atoms with Crippen LogP contribution in [-0.2, 0) is 6.54 Å². The Morgan fingerprint density at radius 1 is 1.19 bits per heavy atom. The quantitative estimate of drug-likeness (QED) is 0.351. The molecule has 1 fully saturated rings. The Bertz CT molecular complexity index is 1540. The standard InChI is InChI=1S/C27H27N7O2/c1-17-12-18(8-11-28-17)25-21-13-19(6-7-22(21)31-32-25)26(35)30-20-4-2-9-27(36,14-20)16-34-15-24-23(33-34)5-3-10-29-24/h3,5-8,10-13,15,20,36H,2,4,9,14,16H2,1H3,(H,30,35)(H,31,32)/t20-,27-/m0/s1. The van der Waals surface area contributed by atoms with Crippen LogP contribution in [0.5, 0.6) is 0 Å². The summed E-state index contributed by atoms with van der Waals surface area (Å²) in [5, 5.41) is 27.4. The number of aryl methyl sites for hydroxylation is 1. The first-order chi connectivity index (χ1) is 17.5. The number of H-pyrrole nitrogens is 1. The van der Waals surface area contributed by atoms with E-state index in [2.05, 4.69) is 30.6 Å². The van der Waals surface area contributed by atoms with Gasteiger partial charge in [-0.1, -0.05) is 0 Å². The minimum Gasteiger partial charge on any atom is -0.388 e. The fourth-order valence-corrected chi connectivity index (χ4v) is 5.23. The van der Waals surface area contributed by atoms with Crippen LogP contribution in [0.2, 0.25) is 0 Å². The van der Waals surface area contributed by atoms with E-state index >= 15 is 0 Å². The summed E-state index contributed by atoms with van der Waals surface area (Å²) in [6.07, 6.45) is 8.14. The van der Waals surface area contributed by atoms with E-state index in [0.29, 0.717) is 24.9 Å². The molecule has 1 aromatic carbocycles. The third-order valence-corrected chi connectivity index (χ3v) is 6.93. The second-order valence-electron chi connectivity index (χ2n) is 9.74. The molecule has 1 aliphatic carbocycles. The molecule has 36 heavy (non-hydrogen) atoms. The normalized spacial score (nSPS) is 20.1. The van der Waals surface area contributed by atoms with Crippen LogP contribution < -0.4 is 5.32 Å². The highest BCUT2D eigenvalue weighted by molar-refractivity contribution is 6.01. The average Bonchev–Trinajstić information content (AvgIpc) is 3.46. The average molecular weight is 482 g/mol. The van der Waals surface area contributed by atoms with Gasteiger partial charge in [0.1, 0.15) is 16.7 Å². The van der Waals surface area contributed by atoms with Gasteiger partial charge in [0, 0.05) is 40.6 Å². The summed E-state index contributed by atoms with van der Waals surface area (Å²) in [4.78, 5) is 21.8. The Morgan fingerprint density at radius 2 is 2.11 bits per heavy atom. The molecule has 3 N–H and O–H groups in total. The van der Waals surface area contributed by atoms with Crippen LogP contribution in [0.25, 0.3) is 33.2 Å². The zero-order valence-corrected chi connectivity index (χ0v) is 20.0. The van der Waals surface area contributed by atoms with E-state index in [1.807, 2.05) is 49.5 Å². The molecule has 1 aliphatic rings. The predicted molar refractivity (Wildman–Crippen MR) is 136 cm³/mol. The molecule has 9 nitrogen and oxygen atoms in total. The third-order valence-electron chi connectivity index (χ3n) is 6.93. The lowest BCUT2D eigenvalue weighted by atomic mass is 9.81. The number of rotatable bonds is 5. The van der Waals surface area contributed by atoms with Gasteiger partial charge in [0.15, 0.2) is 0 Å². The molecule has 9 heteroatoms. The van der Waals surface area contributed by atoms with Crippen molar-refractivity contribution in [3.8, 4) is 11.3 Å². The molecule has 0 aliphatic heterocycles. The molecule has 2 atom stereocenters. The zero-order valence-electron chi connectivity index (χ0n) is 20.0. The Kier molecular flexibility index (Phi) is 5.49. The van der Waals surface area contributed by atoms with Crippen LogP contribution in [0.1, 0.15) is 41.7 Å². The van der Waals surface area contributed by atoms with Crippen molar-refractivity contribution in [3.05, 3.63) is 72.3 Å². The highest BCUT2D eigenvalue weighted by atomic mass is 16.3. The number of hydrogen-bond donors (Lipinski definition) is 3. The summed E-state index contributed by atoms with van der Waals surface area (Å²) in [6.45, 7) is 2.31. The van der Waals surface area contributed by atoms with Gasteiger partial charge in [0.05, 0.1) is 23.9 Å². The van der Waals surface area contributed by atoms with Gasteiger partial charge in [-0.05, 0) is 75.1 Å². The Labute approximate surface area is 207 Å². The summed E-state index contributed by atoms with van der Waals surface area (Å²) in [5.74, 6) is -0.154. The van der Waals surface area contributed by atoms with Crippen molar-refractivity contribution in [1.82, 2.24) is 35.3 Å². The lowest BCUT2D eigenvalue weighted by Crippen LogP contribution is -2.47. The number of pyridine rings is 2. The van der Waals surface area contributed by atoms with E-state index in [9.17, 15) is 9.90 Å². The molecule has 1 amide bonds. The van der Waals surface area contributed by atoms with E-state index in [1.54, 1.807) is 23.1 Å². The van der Waals surface area contributed by atoms with E-state index in [-0.39, 0.29) is 11.9 Å². The Hall–Kier alpha value is -4.11. The number of aliphatic hydroxyl groups is 1. The van der Waals surface area contributed by atoms with Crippen molar-refractivity contribution < 1.29 is 9.90 Å². The summed E-state index contributed by atoms with van der Waals surface area (Å²) < 4.78 is 1.76. The summed E-state index contributed by atoms with van der Waals surface area (Å²) in [7, 11) is 0. The summed E-state index contributed by atoms with van der Waals surface area (Å²) >= 11 is 0. The number of benzene rings is 1. The SMILES string of the molecule is Cc1cc(-c2n[nH]c3ccc(C(=O)N[C@H]4CCC[C@@](O)(Cn5cc6ncccc6n5)C4)cc23)ccn1. The van der Waals surface area contributed by atoms with Crippen LogP contribution in [0.4, 0.5) is 0 Å². The van der Waals surface area contributed by atoms with Crippen molar-refractivity contribution in [3.63, 3.8) is 0 Å². The smallest absolute Gasteiger partial charge is 0.251 e. The van der Waals surface area contributed by atoms with Crippen molar-refractivity contribution in [1.29, 1.82) is 0 Å². The van der Waals surface area contributed by atoms with Gasteiger partial charge in [-0.2, -0.15) is 10.2 Å². The molecule has 0 unspecified atom stereocenters. The Balaban J connectivity index is 1.18. The van der Waals surface area contributed by atoms with E-state index in [4.69, 9.17) is 0 Å². The topological polar surface area (TPSA) is 122 Å². The maximum absolute atomic E-state index is 13.2. The number of nitrogens with one attached hydrogen (secondary N) is 2. The number of fused-ring (bicyclic) bond motifs is 2. The molecular formula is C27H27N7O2. The van der Waals surface area contributed by atoms with Crippen molar-refractivity contribution in [2.75, 3.05) is 0 Å². The predicted octanol–water partition coefficient (Wildman–Crippen LogP) is 3.78. The molecule has 5 aromatic rings. The molecule has 4 aromatic heterocycles. The minimum atomic E-state index is -0.945. The highest BCUT2D eigenvalue weighted by Gasteiger charge is 2.36. The lowest BCUT2D eigenvalue weighted by molar-refractivity contribution is -0.0235. The number of nitrogens with zero attached hydrogens (tertiary/aromatic N) is 5. The highest BCUT2D eigenvalue weighted by Crippen LogP contribution is 2.31. The molecular weight excluding hydrogens is 454 g/mol. The molecule has 1 saturated carbocycles. The molecule has 182 valence electrons. The monoisotopic (exact) mass is 481 g/mol. The number of aromatic nitrogens is 6. The second kappa shape index (κ2) is 8.83. The minimum absolute atomic E-state index is 0.123. The number of carbonyl (C=O) groups excluding carboxylic acids is 1. The van der Waals surface area contributed by atoms with Crippen molar-refractivity contribution >= 4 is 27.8 Å². The molecule has 6 rings (SSSR count). The third kappa shape index (κ3) is 4.33. The van der Waals surface area contributed by atoms with Gasteiger partial charge < -0.3 is 10.4 Å². The first-order valence-corrected chi connectivity index (χ1v) is 12.2. The second-order valence-corrected chi connectivity index (χ2v) is 9.74. The van der Waals surface area contributed by atoms with Gasteiger partial charge >= 0.3 is 0 Å². The number of aromatic amines is 1. The van der Waals surface area contributed by atoms with E-state index < -0.39 is 5.60 Å². The number of carbonyl (C=O) groups is 1. The van der Waals surface area contributed by atoms with Gasteiger partial charge in [0.2, 0.25) is 0 Å². The first-order valence-electron chi connectivity index (χ1n) is 12.2. The number of amides is 1. The molecule has 0 spiro atoms. The molecule has 4 heterocycles. The van der Waals surface area contributed by atoms with Crippen molar-refractivity contribution in [2.45, 2.75) is 50.8 Å². The maximum Gasteiger partial charge on any atom is 0.251 e. The summed E-state index contributed by atoms with van der Waals surface area (Å²) in [6, 6.07) is 13.1. The number of hydrogen-bond acceptors (Lipinski definition) is 6. The molecule has 0 saturated heterocycles. The fraction of sp³-hybridized carbons (Fsp3) is 0.296. The van der Waals surface area contributed by atoms with E-state index in [1.165, 1.54) is 0 Å². The molecule has 0 bridgehead atoms. The van der Waals surface area contributed by atoms with Gasteiger partial charge in [-0.25, -0.2) is 0 Å².